The molecule has 1 aromatic carbocycles. The number of nitrogens with zero attached hydrogens (tertiary/aromatic N) is 2. The van der Waals surface area contributed by atoms with Crippen molar-refractivity contribution in [3.05, 3.63) is 50.9 Å². The van der Waals surface area contributed by atoms with Crippen molar-refractivity contribution in [2.24, 2.45) is 0 Å². The van der Waals surface area contributed by atoms with Crippen molar-refractivity contribution in [1.82, 2.24) is 4.90 Å². The standard InChI is InChI=1S/C15H13Cl2F3N2O4P/c1-2-5-21-8-9(15(18,19)20)6-11(16)14(21)26-10-3-4-12(22(23)24)13(7-10)27(17)25/h3-4,6-7H,2,5,8H2,1H3/q+1. The molecular formula is C15H13Cl2F3N2O4P+. The molecular weight excluding hydrogens is 431 g/mol. The molecule has 6 nitrogen and oxygen atoms in total. The molecule has 0 radical (unpaired) electrons. The molecule has 1 atom stereocenters. The number of halogens is 5. The van der Waals surface area contributed by atoms with Crippen LogP contribution in [0.5, 0.6) is 5.75 Å². The van der Waals surface area contributed by atoms with E-state index in [0.717, 1.165) is 18.2 Å². The van der Waals surface area contributed by atoms with Crippen LogP contribution in [-0.4, -0.2) is 29.1 Å². The maximum atomic E-state index is 13.0. The van der Waals surface area contributed by atoms with Gasteiger partial charge in [-0.1, -0.05) is 18.5 Å². The third-order valence-corrected chi connectivity index (χ3v) is 5.11. The van der Waals surface area contributed by atoms with E-state index < -0.39 is 36.1 Å². The summed E-state index contributed by atoms with van der Waals surface area (Å²) < 4.78 is 56.2. The highest BCUT2D eigenvalue weighted by atomic mass is 35.7. The third-order valence-electron chi connectivity index (χ3n) is 3.56. The van der Waals surface area contributed by atoms with Crippen LogP contribution in [0.3, 0.4) is 0 Å². The number of hydrogen-bond acceptors (Lipinski definition) is 5. The fourth-order valence-electron chi connectivity index (χ4n) is 2.40. The van der Waals surface area contributed by atoms with Crippen LogP contribution < -0.4 is 10.0 Å². The fourth-order valence-corrected chi connectivity index (χ4v) is 3.66. The lowest BCUT2D eigenvalue weighted by Crippen LogP contribution is -2.35. The van der Waals surface area contributed by atoms with E-state index in [1.54, 1.807) is 6.92 Å². The molecule has 1 heterocycles. The average Bonchev–Trinajstić information content (AvgIpc) is 2.56. The maximum Gasteiger partial charge on any atom is 0.501 e. The molecule has 0 aromatic heterocycles. The molecule has 0 saturated carbocycles. The van der Waals surface area contributed by atoms with E-state index in [2.05, 4.69) is 0 Å². The van der Waals surface area contributed by atoms with E-state index in [-0.39, 0.29) is 28.5 Å². The minimum atomic E-state index is -4.53. The van der Waals surface area contributed by atoms with Gasteiger partial charge in [-0.25, -0.2) is 0 Å². The van der Waals surface area contributed by atoms with Gasteiger partial charge in [0.15, 0.2) is 0 Å². The van der Waals surface area contributed by atoms with Crippen LogP contribution in [0.4, 0.5) is 18.9 Å². The van der Waals surface area contributed by atoms with Crippen molar-refractivity contribution < 1.29 is 27.4 Å². The van der Waals surface area contributed by atoms with Gasteiger partial charge in [0.25, 0.3) is 5.30 Å². The number of nitro benzene ring substituents is 1. The molecule has 1 aliphatic heterocycles. The lowest BCUT2D eigenvalue weighted by atomic mass is 10.1. The summed E-state index contributed by atoms with van der Waals surface area (Å²) >= 11 is 11.5. The Hall–Kier alpha value is -1.83. The SMILES string of the molecule is CCCN1CC(C(F)(F)F)=CC(Cl)=C1Oc1ccc([N+](=O)[O-])c([P+](=O)Cl)c1. The van der Waals surface area contributed by atoms with Gasteiger partial charge >= 0.3 is 19.0 Å². The second kappa shape index (κ2) is 8.46. The van der Waals surface area contributed by atoms with E-state index >= 15 is 0 Å². The molecule has 12 heteroatoms. The normalized spacial score (nSPS) is 15.6. The lowest BCUT2D eigenvalue weighted by molar-refractivity contribution is -0.383. The molecule has 1 aromatic rings. The first-order valence-corrected chi connectivity index (χ1v) is 10.1. The molecule has 0 bridgehead atoms. The summed E-state index contributed by atoms with van der Waals surface area (Å²) in [6.07, 6.45) is -3.23. The molecule has 0 saturated heterocycles. The zero-order valence-corrected chi connectivity index (χ0v) is 16.2. The van der Waals surface area contributed by atoms with Gasteiger partial charge in [0.2, 0.25) is 17.1 Å². The van der Waals surface area contributed by atoms with Gasteiger partial charge in [-0.05, 0) is 23.1 Å². The Kier molecular flexibility index (Phi) is 6.72. The summed E-state index contributed by atoms with van der Waals surface area (Å²) in [7, 11) is -2.56. The van der Waals surface area contributed by atoms with E-state index in [1.165, 1.54) is 11.0 Å². The second-order valence-corrected chi connectivity index (χ2v) is 7.80. The van der Waals surface area contributed by atoms with Gasteiger partial charge in [-0.15, -0.1) is 0 Å². The summed E-state index contributed by atoms with van der Waals surface area (Å²) in [5.74, 6) is -0.0196. The van der Waals surface area contributed by atoms with Crippen molar-refractivity contribution in [3.8, 4) is 5.75 Å². The highest BCUT2D eigenvalue weighted by Gasteiger charge is 2.38. The molecule has 0 aliphatic carbocycles. The van der Waals surface area contributed by atoms with Crippen molar-refractivity contribution in [2.45, 2.75) is 19.5 Å². The first-order valence-electron chi connectivity index (χ1n) is 7.56. The quantitative estimate of drug-likeness (QED) is 0.343. The minimum Gasteiger partial charge on any atom is -0.439 e. The Balaban J connectivity index is 2.44. The third kappa shape index (κ3) is 5.12. The number of hydrogen-bond donors (Lipinski definition) is 0. The van der Waals surface area contributed by atoms with Crippen molar-refractivity contribution in [2.75, 3.05) is 13.1 Å². The molecule has 0 amide bonds. The molecule has 27 heavy (non-hydrogen) atoms. The number of ether oxygens (including phenoxy) is 1. The first kappa shape index (κ1) is 21.5. The minimum absolute atomic E-state index is 0.0118. The lowest BCUT2D eigenvalue weighted by Gasteiger charge is -2.31. The van der Waals surface area contributed by atoms with Gasteiger partial charge in [0, 0.05) is 18.7 Å². The zero-order valence-electron chi connectivity index (χ0n) is 13.8. The number of alkyl halides is 3. The second-order valence-electron chi connectivity index (χ2n) is 5.50. The fraction of sp³-hybridized carbons (Fsp3) is 0.333. The largest absolute Gasteiger partial charge is 0.501 e. The van der Waals surface area contributed by atoms with Gasteiger partial charge in [0.1, 0.15) is 10.8 Å². The predicted molar refractivity (Wildman–Crippen MR) is 95.7 cm³/mol. The van der Waals surface area contributed by atoms with E-state index in [1.807, 2.05) is 0 Å². The van der Waals surface area contributed by atoms with Crippen LogP contribution in [0.2, 0.25) is 0 Å². The molecule has 0 spiro atoms. The summed E-state index contributed by atoms with van der Waals surface area (Å²) in [6, 6.07) is 3.38. The summed E-state index contributed by atoms with van der Waals surface area (Å²) in [5.41, 5.74) is -1.27. The Morgan fingerprint density at radius 2 is 2.07 bits per heavy atom. The molecule has 0 N–H and O–H groups in total. The van der Waals surface area contributed by atoms with Crippen LogP contribution >= 0.6 is 30.0 Å². The zero-order chi connectivity index (χ0) is 20.4. The number of benzene rings is 1. The van der Waals surface area contributed by atoms with Crippen molar-refractivity contribution >= 4 is 41.0 Å². The molecule has 1 aliphatic rings. The Labute approximate surface area is 162 Å². The van der Waals surface area contributed by atoms with Gasteiger partial charge < -0.3 is 9.64 Å². The number of allylic oxidation sites excluding steroid dienone is 2. The predicted octanol–water partition coefficient (Wildman–Crippen LogP) is 5.20. The summed E-state index contributed by atoms with van der Waals surface area (Å²) in [5, 5.41) is 10.5. The van der Waals surface area contributed by atoms with E-state index in [9.17, 15) is 27.9 Å². The van der Waals surface area contributed by atoms with Crippen molar-refractivity contribution in [3.63, 3.8) is 0 Å². The summed E-state index contributed by atoms with van der Waals surface area (Å²) in [4.78, 5) is 11.5. The molecule has 0 fully saturated rings. The number of nitro groups is 1. The average molecular weight is 444 g/mol. The molecule has 2 rings (SSSR count). The maximum absolute atomic E-state index is 13.0. The van der Waals surface area contributed by atoms with Crippen LogP contribution in [-0.2, 0) is 4.57 Å². The van der Waals surface area contributed by atoms with Gasteiger partial charge in [0.05, 0.1) is 17.0 Å². The monoisotopic (exact) mass is 443 g/mol. The highest BCUT2D eigenvalue weighted by Crippen LogP contribution is 2.36. The van der Waals surface area contributed by atoms with Crippen LogP contribution in [0.15, 0.2) is 40.8 Å². The molecule has 1 unspecified atom stereocenters. The van der Waals surface area contributed by atoms with Crippen molar-refractivity contribution in [1.29, 1.82) is 0 Å². The van der Waals surface area contributed by atoms with Gasteiger partial charge in [-0.2, -0.15) is 13.2 Å². The first-order chi connectivity index (χ1) is 12.5. The highest BCUT2D eigenvalue weighted by molar-refractivity contribution is 7.80. The molecule has 146 valence electrons. The van der Waals surface area contributed by atoms with Crippen LogP contribution in [0.1, 0.15) is 13.3 Å². The van der Waals surface area contributed by atoms with Crippen LogP contribution in [0, 0.1) is 10.1 Å². The number of rotatable bonds is 6. The Bertz CT molecular complexity index is 843. The Morgan fingerprint density at radius 3 is 2.59 bits per heavy atom. The van der Waals surface area contributed by atoms with Gasteiger partial charge in [-0.3, -0.25) is 10.1 Å². The van der Waals surface area contributed by atoms with E-state index in [0.29, 0.717) is 6.42 Å². The Morgan fingerprint density at radius 1 is 1.41 bits per heavy atom. The summed E-state index contributed by atoms with van der Waals surface area (Å²) in [6.45, 7) is 1.56. The topological polar surface area (TPSA) is 72.7 Å². The smallest absolute Gasteiger partial charge is 0.439 e. The van der Waals surface area contributed by atoms with Crippen LogP contribution in [0.25, 0.3) is 0 Å². The van der Waals surface area contributed by atoms with E-state index in [4.69, 9.17) is 27.6 Å².